The molecular formula is C36H44N10O28P6S2. The number of aromatic amines is 2. The van der Waals surface area contributed by atoms with Gasteiger partial charge < -0.3 is 88.9 Å². The predicted octanol–water partition coefficient (Wildman–Crippen LogP) is 0.210. The summed E-state index contributed by atoms with van der Waals surface area (Å²) >= 11 is 8.06. The van der Waals surface area contributed by atoms with Gasteiger partial charge in [-0.25, -0.2) is 56.4 Å². The molecule has 6 aromatic rings. The maximum atomic E-state index is 13.1. The molecular weight excluding hydrogens is 1270 g/mol. The van der Waals surface area contributed by atoms with Crippen molar-refractivity contribution >= 4 is 114 Å². The SMILES string of the molecule is CNc1ccccc1C(=O)O[C@@H]1[C@H](O)[C@@H](COP(=O)(O)OP(=O)(O)OP(O)(O)=S)O[C@H]1n1cnc2c(=O)[nH]cnc21.CNc1ccccc1C(=O)O[C@H]1[C@@H](O)[C@H](n2cnc3c(=O)[nH]cnc32)O[C@@H]1COP(=O)(O)OP(=O)(O)OP(O)(O)=S. The molecule has 6 heterocycles. The molecule has 14 N–H and O–H groups in total. The first-order valence-corrected chi connectivity index (χ1v) is 33.4. The van der Waals surface area contributed by atoms with Gasteiger partial charge in [0.1, 0.15) is 24.4 Å². The highest BCUT2D eigenvalue weighted by Gasteiger charge is 2.52. The molecule has 0 aliphatic carbocycles. The average molecular weight is 1310 g/mol. The van der Waals surface area contributed by atoms with Crippen molar-refractivity contribution in [2.75, 3.05) is 37.9 Å². The third kappa shape index (κ3) is 16.3. The molecule has 2 fully saturated rings. The summed E-state index contributed by atoms with van der Waals surface area (Å²) in [6.07, 6.45) is -8.14. The number of phosphoric ester groups is 2. The molecule has 4 unspecified atom stereocenters. The van der Waals surface area contributed by atoms with Gasteiger partial charge in [0, 0.05) is 25.5 Å². The second-order valence-electron chi connectivity index (χ2n) is 16.3. The first-order chi connectivity index (χ1) is 38.2. The first-order valence-electron chi connectivity index (χ1n) is 22.2. The zero-order valence-electron chi connectivity index (χ0n) is 41.0. The lowest BCUT2D eigenvalue weighted by atomic mass is 10.1. The lowest BCUT2D eigenvalue weighted by Crippen LogP contribution is -2.38. The number of nitrogens with one attached hydrogen (secondary N) is 4. The Hall–Kier alpha value is -4.82. The number of hydrogen-bond acceptors (Lipinski definition) is 28. The van der Waals surface area contributed by atoms with Gasteiger partial charge in [-0.3, -0.25) is 27.8 Å². The number of esters is 2. The molecule has 12 atom stereocenters. The van der Waals surface area contributed by atoms with Gasteiger partial charge in [0.2, 0.25) is 0 Å². The van der Waals surface area contributed by atoms with E-state index in [0.29, 0.717) is 11.4 Å². The van der Waals surface area contributed by atoms with Crippen molar-refractivity contribution in [1.29, 1.82) is 0 Å². The minimum Gasteiger partial charge on any atom is -0.453 e. The van der Waals surface area contributed by atoms with E-state index in [9.17, 15) is 67.2 Å². The van der Waals surface area contributed by atoms with Crippen molar-refractivity contribution < 1.29 is 122 Å². The maximum Gasteiger partial charge on any atom is 0.488 e. The van der Waals surface area contributed by atoms with Gasteiger partial charge in [-0.05, 0) is 47.9 Å². The number of H-pyrrole nitrogens is 2. The predicted molar refractivity (Wildman–Crippen MR) is 280 cm³/mol. The number of imidazole rings is 2. The molecule has 38 nitrogen and oxygen atoms in total. The number of hydrogen-bond donors (Lipinski definition) is 14. The number of fused-ring (bicyclic) bond motifs is 2. The highest BCUT2D eigenvalue weighted by atomic mass is 32.5. The largest absolute Gasteiger partial charge is 0.488 e. The highest BCUT2D eigenvalue weighted by Crippen LogP contribution is 2.67. The van der Waals surface area contributed by atoms with E-state index in [1.54, 1.807) is 50.5 Å². The van der Waals surface area contributed by atoms with Crippen LogP contribution < -0.4 is 21.8 Å². The van der Waals surface area contributed by atoms with Crippen LogP contribution in [0.4, 0.5) is 11.4 Å². The van der Waals surface area contributed by atoms with Crippen LogP contribution in [0.25, 0.3) is 22.3 Å². The van der Waals surface area contributed by atoms with E-state index in [1.807, 2.05) is 0 Å². The van der Waals surface area contributed by atoms with Crippen LogP contribution in [0.15, 0.2) is 83.4 Å². The molecule has 0 radical (unpaired) electrons. The van der Waals surface area contributed by atoms with Gasteiger partial charge >= 0.3 is 56.7 Å². The van der Waals surface area contributed by atoms with Crippen LogP contribution in [0.5, 0.6) is 0 Å². The number of para-hydroxylation sites is 2. The molecule has 0 saturated carbocycles. The number of carbonyl (C=O) groups is 2. The second kappa shape index (κ2) is 25.8. The third-order valence-corrected chi connectivity index (χ3v) is 19.7. The molecule has 4 aromatic heterocycles. The van der Waals surface area contributed by atoms with E-state index in [4.69, 9.17) is 43.0 Å². The van der Waals surface area contributed by atoms with Crippen molar-refractivity contribution in [2.45, 2.75) is 49.1 Å². The smallest absolute Gasteiger partial charge is 0.453 e. The minimum absolute atomic E-state index is 0.0248. The van der Waals surface area contributed by atoms with Gasteiger partial charge in [-0.2, -0.15) is 8.62 Å². The van der Waals surface area contributed by atoms with Crippen LogP contribution in [-0.2, 0) is 87.1 Å². The van der Waals surface area contributed by atoms with E-state index < -0.39 is 130 Å². The Morgan fingerprint density at radius 1 is 0.585 bits per heavy atom. The lowest BCUT2D eigenvalue weighted by molar-refractivity contribution is -0.0558. The Labute approximate surface area is 466 Å². The Morgan fingerprint density at radius 2 is 0.988 bits per heavy atom. The molecule has 2 aliphatic rings. The Bertz CT molecular complexity index is 3770. The molecule has 0 amide bonds. The van der Waals surface area contributed by atoms with E-state index in [-0.39, 0.29) is 33.5 Å². The fourth-order valence-corrected chi connectivity index (χ4v) is 15.2. The molecule has 0 bridgehead atoms. The fraction of sp³-hybridized carbons (Fsp3) is 0.333. The molecule has 2 aromatic carbocycles. The number of aromatic nitrogens is 8. The zero-order valence-corrected chi connectivity index (χ0v) is 48.0. The van der Waals surface area contributed by atoms with Crippen molar-refractivity contribution in [3.8, 4) is 0 Å². The number of aliphatic hydroxyl groups excluding tert-OH is 2. The third-order valence-electron chi connectivity index (χ3n) is 10.9. The summed E-state index contributed by atoms with van der Waals surface area (Å²) in [5.41, 5.74) is -0.557. The summed E-state index contributed by atoms with van der Waals surface area (Å²) in [6, 6.07) is 12.5. The molecule has 2 aliphatic heterocycles. The van der Waals surface area contributed by atoms with Crippen LogP contribution in [0.1, 0.15) is 33.2 Å². The Kier molecular flexibility index (Phi) is 20.4. The molecule has 0 spiro atoms. The van der Waals surface area contributed by atoms with Crippen LogP contribution in [-0.4, -0.2) is 164 Å². The second-order valence-corrected chi connectivity index (χ2v) is 28.0. The van der Waals surface area contributed by atoms with Crippen molar-refractivity contribution in [3.05, 3.63) is 106 Å². The van der Waals surface area contributed by atoms with E-state index in [1.165, 1.54) is 16.7 Å². The van der Waals surface area contributed by atoms with E-state index in [2.05, 4.69) is 85.9 Å². The summed E-state index contributed by atoms with van der Waals surface area (Å²) in [7, 11) is -19.1. The van der Waals surface area contributed by atoms with Crippen LogP contribution in [0.2, 0.25) is 0 Å². The first kappa shape index (κ1) is 64.7. The Balaban J connectivity index is 0.000000236. The summed E-state index contributed by atoms with van der Waals surface area (Å²) in [5, 5.41) is 27.8. The normalized spacial score (nSPS) is 24.0. The summed E-state index contributed by atoms with van der Waals surface area (Å²) in [4.78, 5) is 146. The number of phosphoric acid groups is 4. The van der Waals surface area contributed by atoms with Gasteiger partial charge in [0.25, 0.3) is 11.1 Å². The summed E-state index contributed by atoms with van der Waals surface area (Å²) in [6.45, 7) is -11.6. The van der Waals surface area contributed by atoms with E-state index >= 15 is 0 Å². The van der Waals surface area contributed by atoms with Gasteiger partial charge in [0.15, 0.2) is 47.0 Å². The number of anilines is 2. The molecule has 2 saturated heterocycles. The van der Waals surface area contributed by atoms with Crippen molar-refractivity contribution in [1.82, 2.24) is 39.0 Å². The monoisotopic (exact) mass is 1310 g/mol. The number of nitrogens with zero attached hydrogens (tertiary/aromatic N) is 6. The Morgan fingerprint density at radius 3 is 1.43 bits per heavy atom. The van der Waals surface area contributed by atoms with E-state index in [0.717, 1.165) is 29.9 Å². The topological polar surface area (TPSA) is 548 Å². The van der Waals surface area contributed by atoms with Crippen LogP contribution >= 0.6 is 44.7 Å². The van der Waals surface area contributed by atoms with Crippen molar-refractivity contribution in [2.24, 2.45) is 0 Å². The number of ether oxygens (including phenoxy) is 4. The summed E-state index contributed by atoms with van der Waals surface area (Å²) in [5.74, 6) is -1.84. The maximum absolute atomic E-state index is 13.1. The minimum atomic E-state index is -5.61. The standard InChI is InChI=1S/2C18H22N5O14P3S/c1-19-10-5-3-2-4-9(10)18(26)35-14-11(6-33-38(27,28)36-39(29,30)37-40(31,32)41)34-17(13(14)24)23-8-22-12-15(23)20-7-21-16(12)25;1-19-10-5-3-2-4-9(10)18(26)35-14-13(24)11(6-33-38(27,28)36-39(29,30)37-40(31,32)41)34-17(14)23-8-22-12-15(23)20-7-21-16(12)25/h2*2-5,7-8,11,13-14,17,19,24H,6H2,1H3,(H,27,28)(H,29,30)(H,20,21,25)(H2,31,32,41)/t2*11-,13-,14-,17-/m11/s1. The molecule has 46 heteroatoms. The lowest BCUT2D eigenvalue weighted by Gasteiger charge is -2.22. The average Bonchev–Trinajstić information content (AvgIpc) is 4.38. The molecule has 8 rings (SSSR count). The van der Waals surface area contributed by atoms with Gasteiger partial charge in [-0.1, -0.05) is 24.3 Å². The van der Waals surface area contributed by atoms with Crippen LogP contribution in [0.3, 0.4) is 0 Å². The molecule has 448 valence electrons. The number of carbonyl (C=O) groups excluding carboxylic acids is 2. The quantitative estimate of drug-likeness (QED) is 0.0319. The van der Waals surface area contributed by atoms with Crippen LogP contribution in [0, 0.1) is 0 Å². The summed E-state index contributed by atoms with van der Waals surface area (Å²) < 4.78 is 98.0. The van der Waals surface area contributed by atoms with Gasteiger partial charge in [0.05, 0.1) is 49.6 Å². The molecule has 82 heavy (non-hydrogen) atoms. The fourth-order valence-electron chi connectivity index (χ4n) is 7.61. The van der Waals surface area contributed by atoms with Crippen molar-refractivity contribution in [3.63, 3.8) is 0 Å². The number of benzene rings is 2. The van der Waals surface area contributed by atoms with Gasteiger partial charge in [-0.15, -0.1) is 0 Å². The number of aliphatic hydroxyl groups is 2. The number of rotatable bonds is 22. The zero-order chi connectivity index (χ0) is 60.3. The highest BCUT2D eigenvalue weighted by molar-refractivity contribution is 8.08.